The van der Waals surface area contributed by atoms with E-state index in [1.165, 1.54) is 0 Å². The van der Waals surface area contributed by atoms with Crippen LogP contribution in [0.3, 0.4) is 0 Å². The largest absolute Gasteiger partial charge is 0.497 e. The summed E-state index contributed by atoms with van der Waals surface area (Å²) in [7, 11) is 1.60. The maximum absolute atomic E-state index is 10.6. The molecule has 2 rings (SSSR count). The molecular formula is C10H11NO3. The first-order valence-corrected chi connectivity index (χ1v) is 4.35. The van der Waals surface area contributed by atoms with Crippen molar-refractivity contribution in [1.29, 1.82) is 0 Å². The van der Waals surface area contributed by atoms with Crippen molar-refractivity contribution in [2.75, 3.05) is 7.11 Å². The number of methoxy groups -OCH3 is 1. The Bertz CT molecular complexity index is 347. The Kier molecular flexibility index (Phi) is 2.13. The topological polar surface area (TPSA) is 68.5 Å². The quantitative estimate of drug-likeness (QED) is 0.696. The second-order valence-corrected chi connectivity index (χ2v) is 3.23. The summed E-state index contributed by atoms with van der Waals surface area (Å²) < 4.78 is 5.01. The van der Waals surface area contributed by atoms with Crippen LogP contribution in [0.15, 0.2) is 24.3 Å². The molecule has 2 N–H and O–H groups in total. The average Bonchev–Trinajstić information content (AvgIpc) is 2.97. The number of hydrogen-bond donors (Lipinski definition) is 2. The van der Waals surface area contributed by atoms with Gasteiger partial charge < -0.3 is 9.84 Å². The third-order valence-corrected chi connectivity index (χ3v) is 2.32. The van der Waals surface area contributed by atoms with E-state index in [0.29, 0.717) is 0 Å². The molecule has 1 aliphatic heterocycles. The lowest BCUT2D eigenvalue weighted by molar-refractivity contribution is -0.136. The van der Waals surface area contributed by atoms with Crippen molar-refractivity contribution in [1.82, 2.24) is 5.32 Å². The normalized spacial score (nSPS) is 24.4. The maximum Gasteiger partial charge on any atom is 0.322 e. The first kappa shape index (κ1) is 9.02. The highest BCUT2D eigenvalue weighted by molar-refractivity contribution is 5.78. The van der Waals surface area contributed by atoms with E-state index in [1.54, 1.807) is 7.11 Å². The fraction of sp³-hybridized carbons (Fsp3) is 0.300. The second-order valence-electron chi connectivity index (χ2n) is 3.23. The van der Waals surface area contributed by atoms with Gasteiger partial charge >= 0.3 is 5.97 Å². The molecular weight excluding hydrogens is 182 g/mol. The Hall–Kier alpha value is -1.55. The summed E-state index contributed by atoms with van der Waals surface area (Å²) >= 11 is 0. The molecule has 2 atom stereocenters. The summed E-state index contributed by atoms with van der Waals surface area (Å²) in [5, 5.41) is 11.6. The molecule has 1 unspecified atom stereocenters. The predicted molar refractivity (Wildman–Crippen MR) is 50.3 cm³/mol. The number of ether oxygens (including phenoxy) is 1. The smallest absolute Gasteiger partial charge is 0.322 e. The molecule has 4 nitrogen and oxygen atoms in total. The average molecular weight is 193 g/mol. The van der Waals surface area contributed by atoms with E-state index in [1.807, 2.05) is 24.3 Å². The van der Waals surface area contributed by atoms with Gasteiger partial charge in [-0.05, 0) is 17.7 Å². The minimum Gasteiger partial charge on any atom is -0.497 e. The molecule has 4 heteroatoms. The first-order chi connectivity index (χ1) is 6.72. The molecule has 74 valence electrons. The Morgan fingerprint density at radius 2 is 2.07 bits per heavy atom. The molecule has 1 heterocycles. The molecule has 0 spiro atoms. The number of benzene rings is 1. The summed E-state index contributed by atoms with van der Waals surface area (Å²) in [6.07, 6.45) is 0. The zero-order valence-corrected chi connectivity index (χ0v) is 7.73. The number of carboxylic acid groups (broad SMARTS) is 1. The van der Waals surface area contributed by atoms with Crippen LogP contribution in [-0.4, -0.2) is 24.2 Å². The number of aliphatic carboxylic acids is 1. The van der Waals surface area contributed by atoms with E-state index in [0.717, 1.165) is 11.3 Å². The van der Waals surface area contributed by atoms with Crippen LogP contribution >= 0.6 is 0 Å². The molecule has 1 fully saturated rings. The highest BCUT2D eigenvalue weighted by atomic mass is 16.5. The summed E-state index contributed by atoms with van der Waals surface area (Å²) in [6.45, 7) is 0. The molecule has 1 saturated heterocycles. The van der Waals surface area contributed by atoms with E-state index in [-0.39, 0.29) is 6.04 Å². The SMILES string of the molecule is COc1ccc([C@@H]2NC2C(=O)O)cc1. The summed E-state index contributed by atoms with van der Waals surface area (Å²) in [5.74, 6) is -0.0212. The van der Waals surface area contributed by atoms with Gasteiger partial charge in [-0.3, -0.25) is 10.1 Å². The molecule has 0 aliphatic carbocycles. The third kappa shape index (κ3) is 1.56. The second kappa shape index (κ2) is 3.31. The van der Waals surface area contributed by atoms with Crippen molar-refractivity contribution in [3.8, 4) is 5.75 Å². The van der Waals surface area contributed by atoms with Gasteiger partial charge in [-0.2, -0.15) is 0 Å². The van der Waals surface area contributed by atoms with Crippen molar-refractivity contribution in [2.24, 2.45) is 0 Å². The summed E-state index contributed by atoms with van der Waals surface area (Å²) in [6, 6.07) is 6.93. The van der Waals surface area contributed by atoms with Crippen LogP contribution in [0, 0.1) is 0 Å². The van der Waals surface area contributed by atoms with Crippen LogP contribution in [0.4, 0.5) is 0 Å². The van der Waals surface area contributed by atoms with Crippen molar-refractivity contribution < 1.29 is 14.6 Å². The fourth-order valence-electron chi connectivity index (χ4n) is 1.45. The van der Waals surface area contributed by atoms with Crippen LogP contribution in [0.5, 0.6) is 5.75 Å². The van der Waals surface area contributed by atoms with Gasteiger partial charge in [0.1, 0.15) is 11.8 Å². The molecule has 1 aromatic rings. The van der Waals surface area contributed by atoms with E-state index < -0.39 is 12.0 Å². The molecule has 0 saturated carbocycles. The maximum atomic E-state index is 10.6. The van der Waals surface area contributed by atoms with Crippen LogP contribution < -0.4 is 10.1 Å². The van der Waals surface area contributed by atoms with E-state index in [4.69, 9.17) is 9.84 Å². The Balaban J connectivity index is 2.08. The fourth-order valence-corrected chi connectivity index (χ4v) is 1.45. The van der Waals surface area contributed by atoms with Crippen LogP contribution in [0.2, 0.25) is 0 Å². The van der Waals surface area contributed by atoms with E-state index in [2.05, 4.69) is 5.32 Å². The van der Waals surface area contributed by atoms with Gasteiger partial charge in [0.2, 0.25) is 0 Å². The molecule has 0 bridgehead atoms. The van der Waals surface area contributed by atoms with Crippen LogP contribution in [0.25, 0.3) is 0 Å². The Morgan fingerprint density at radius 3 is 2.50 bits per heavy atom. The van der Waals surface area contributed by atoms with Crippen LogP contribution in [-0.2, 0) is 4.79 Å². The van der Waals surface area contributed by atoms with E-state index >= 15 is 0 Å². The Morgan fingerprint density at radius 1 is 1.43 bits per heavy atom. The monoisotopic (exact) mass is 193 g/mol. The lowest BCUT2D eigenvalue weighted by Crippen LogP contribution is -2.07. The molecule has 1 aliphatic rings. The van der Waals surface area contributed by atoms with Crippen molar-refractivity contribution in [3.05, 3.63) is 29.8 Å². The standard InChI is InChI=1S/C10H11NO3/c1-14-7-4-2-6(3-5-7)8-9(11-8)10(12)13/h2-5,8-9,11H,1H3,(H,12,13)/t8-,9?/m0/s1. The molecule has 1 aromatic carbocycles. The number of carbonyl (C=O) groups is 1. The van der Waals surface area contributed by atoms with Crippen molar-refractivity contribution >= 4 is 5.97 Å². The zero-order chi connectivity index (χ0) is 10.1. The minimum atomic E-state index is -0.800. The lowest BCUT2D eigenvalue weighted by Gasteiger charge is -2.00. The number of rotatable bonds is 3. The minimum absolute atomic E-state index is 0.0431. The van der Waals surface area contributed by atoms with Crippen molar-refractivity contribution in [3.63, 3.8) is 0 Å². The Labute approximate surface area is 81.5 Å². The third-order valence-electron chi connectivity index (χ3n) is 2.32. The van der Waals surface area contributed by atoms with Crippen LogP contribution in [0.1, 0.15) is 11.6 Å². The van der Waals surface area contributed by atoms with Gasteiger partial charge in [-0.25, -0.2) is 0 Å². The summed E-state index contributed by atoms with van der Waals surface area (Å²) in [5.41, 5.74) is 0.984. The zero-order valence-electron chi connectivity index (χ0n) is 7.73. The number of carboxylic acids is 1. The molecule has 0 aromatic heterocycles. The van der Waals surface area contributed by atoms with Gasteiger partial charge in [0, 0.05) is 0 Å². The molecule has 0 amide bonds. The molecule has 14 heavy (non-hydrogen) atoms. The van der Waals surface area contributed by atoms with Gasteiger partial charge in [0.05, 0.1) is 13.2 Å². The van der Waals surface area contributed by atoms with Gasteiger partial charge in [-0.1, -0.05) is 12.1 Å². The number of nitrogens with one attached hydrogen (secondary N) is 1. The molecule has 0 radical (unpaired) electrons. The highest BCUT2D eigenvalue weighted by Crippen LogP contribution is 2.30. The van der Waals surface area contributed by atoms with Crippen molar-refractivity contribution in [2.45, 2.75) is 12.1 Å². The first-order valence-electron chi connectivity index (χ1n) is 4.35. The lowest BCUT2D eigenvalue weighted by atomic mass is 10.1. The van der Waals surface area contributed by atoms with E-state index in [9.17, 15) is 4.79 Å². The van der Waals surface area contributed by atoms with Gasteiger partial charge in [-0.15, -0.1) is 0 Å². The van der Waals surface area contributed by atoms with Gasteiger partial charge in [0.15, 0.2) is 0 Å². The highest BCUT2D eigenvalue weighted by Gasteiger charge is 2.43. The summed E-state index contributed by atoms with van der Waals surface area (Å²) in [4.78, 5) is 10.6. The predicted octanol–water partition coefficient (Wildman–Crippen LogP) is 0.793. The van der Waals surface area contributed by atoms with Gasteiger partial charge in [0.25, 0.3) is 0 Å². The number of hydrogen-bond acceptors (Lipinski definition) is 3.